The van der Waals surface area contributed by atoms with Crippen LogP contribution in [0.15, 0.2) is 30.3 Å². The molecule has 1 aliphatic heterocycles. The van der Waals surface area contributed by atoms with Crippen LogP contribution < -0.4 is 5.32 Å². The molecule has 2 aromatic rings. The van der Waals surface area contributed by atoms with Crippen LogP contribution in [-0.4, -0.2) is 47.8 Å². The number of benzene rings is 1. The van der Waals surface area contributed by atoms with E-state index in [1.165, 1.54) is 16.4 Å². The molecule has 9 heteroatoms. The van der Waals surface area contributed by atoms with Gasteiger partial charge in [-0.1, -0.05) is 20.8 Å². The monoisotopic (exact) mass is 422 g/mol. The molecule has 1 atom stereocenters. The van der Waals surface area contributed by atoms with Gasteiger partial charge in [-0.15, -0.1) is 0 Å². The molecule has 1 unspecified atom stereocenters. The molecule has 2 heterocycles. The Bertz CT molecular complexity index is 994. The molecule has 3 rings (SSSR count). The van der Waals surface area contributed by atoms with Gasteiger partial charge in [-0.3, -0.25) is 4.79 Å². The van der Waals surface area contributed by atoms with Crippen molar-refractivity contribution < 1.29 is 17.6 Å². The van der Waals surface area contributed by atoms with Gasteiger partial charge in [-0.05, 0) is 37.1 Å². The summed E-state index contributed by atoms with van der Waals surface area (Å²) in [4.78, 5) is 12.9. The normalized spacial score (nSPS) is 18.6. The highest BCUT2D eigenvalue weighted by Gasteiger charge is 2.31. The van der Waals surface area contributed by atoms with Crippen LogP contribution >= 0.6 is 0 Å². The summed E-state index contributed by atoms with van der Waals surface area (Å²) in [7, 11) is -3.34. The Morgan fingerprint density at radius 2 is 1.90 bits per heavy atom. The van der Waals surface area contributed by atoms with Crippen molar-refractivity contribution in [2.75, 3.05) is 24.7 Å². The van der Waals surface area contributed by atoms with Crippen molar-refractivity contribution in [3.8, 4) is 5.69 Å². The maximum Gasteiger partial charge on any atom is 0.229 e. The van der Waals surface area contributed by atoms with Crippen molar-refractivity contribution in [2.45, 2.75) is 39.0 Å². The molecule has 0 spiro atoms. The number of carbonyl (C=O) groups is 1. The number of piperidine rings is 1. The van der Waals surface area contributed by atoms with Crippen molar-refractivity contribution in [3.05, 3.63) is 41.8 Å². The second kappa shape index (κ2) is 7.87. The zero-order valence-corrected chi connectivity index (χ0v) is 18.0. The highest BCUT2D eigenvalue weighted by Crippen LogP contribution is 2.27. The molecular formula is C20H27FN4O3S. The van der Waals surface area contributed by atoms with E-state index in [2.05, 4.69) is 10.4 Å². The minimum absolute atomic E-state index is 0.168. The van der Waals surface area contributed by atoms with Crippen molar-refractivity contribution in [1.82, 2.24) is 14.1 Å². The Labute approximate surface area is 171 Å². The maximum absolute atomic E-state index is 13.3. The number of nitrogens with one attached hydrogen (secondary N) is 1. The zero-order chi connectivity index (χ0) is 21.4. The molecule has 7 nitrogen and oxygen atoms in total. The maximum atomic E-state index is 13.3. The van der Waals surface area contributed by atoms with Gasteiger partial charge in [0.2, 0.25) is 15.9 Å². The molecule has 0 bridgehead atoms. The predicted molar refractivity (Wildman–Crippen MR) is 110 cm³/mol. The summed E-state index contributed by atoms with van der Waals surface area (Å²) in [6.45, 7) is 6.65. The molecule has 1 N–H and O–H groups in total. The summed E-state index contributed by atoms with van der Waals surface area (Å²) < 4.78 is 39.9. The van der Waals surface area contributed by atoms with E-state index in [4.69, 9.17) is 0 Å². The Balaban J connectivity index is 1.88. The van der Waals surface area contributed by atoms with Crippen LogP contribution in [0.4, 0.5) is 10.2 Å². The van der Waals surface area contributed by atoms with Gasteiger partial charge in [0.25, 0.3) is 0 Å². The molecule has 29 heavy (non-hydrogen) atoms. The lowest BCUT2D eigenvalue weighted by Crippen LogP contribution is -2.43. The van der Waals surface area contributed by atoms with E-state index < -0.39 is 15.9 Å². The third-order valence-electron chi connectivity index (χ3n) is 5.02. The lowest BCUT2D eigenvalue weighted by molar-refractivity contribution is -0.120. The summed E-state index contributed by atoms with van der Waals surface area (Å²) in [6.07, 6.45) is 2.41. The first-order valence-electron chi connectivity index (χ1n) is 9.57. The van der Waals surface area contributed by atoms with Gasteiger partial charge in [0.05, 0.1) is 23.6 Å². The van der Waals surface area contributed by atoms with Crippen LogP contribution in [0.2, 0.25) is 0 Å². The molecule has 1 saturated heterocycles. The van der Waals surface area contributed by atoms with Gasteiger partial charge in [0.15, 0.2) is 0 Å². The summed E-state index contributed by atoms with van der Waals surface area (Å²) in [5.41, 5.74) is 1.15. The summed E-state index contributed by atoms with van der Waals surface area (Å²) in [5, 5.41) is 7.51. The smallest absolute Gasteiger partial charge is 0.229 e. The van der Waals surface area contributed by atoms with Gasteiger partial charge in [-0.2, -0.15) is 5.10 Å². The topological polar surface area (TPSA) is 84.3 Å². The van der Waals surface area contributed by atoms with Gasteiger partial charge in [0.1, 0.15) is 11.6 Å². The zero-order valence-electron chi connectivity index (χ0n) is 17.1. The number of hydrogen-bond donors (Lipinski definition) is 1. The van der Waals surface area contributed by atoms with E-state index in [0.29, 0.717) is 30.9 Å². The molecule has 0 radical (unpaired) electrons. The van der Waals surface area contributed by atoms with E-state index in [-0.39, 0.29) is 23.7 Å². The SMILES string of the molecule is CC(C)(C)c1cc(NC(=O)C2CCCN(S(C)(=O)=O)C2)n(-c2ccc(F)cc2)n1. The number of nitrogens with zero attached hydrogens (tertiary/aromatic N) is 3. The van der Waals surface area contributed by atoms with Crippen LogP contribution in [0.3, 0.4) is 0 Å². The number of sulfonamides is 1. The third-order valence-corrected chi connectivity index (χ3v) is 6.29. The number of amides is 1. The molecule has 1 aliphatic rings. The van der Waals surface area contributed by atoms with Crippen molar-refractivity contribution in [1.29, 1.82) is 0 Å². The van der Waals surface area contributed by atoms with E-state index in [1.54, 1.807) is 22.9 Å². The predicted octanol–water partition coefficient (Wildman–Crippen LogP) is 2.92. The van der Waals surface area contributed by atoms with E-state index >= 15 is 0 Å². The molecule has 0 saturated carbocycles. The van der Waals surface area contributed by atoms with Crippen molar-refractivity contribution in [3.63, 3.8) is 0 Å². The Kier molecular flexibility index (Phi) is 5.82. The molecular weight excluding hydrogens is 395 g/mol. The highest BCUT2D eigenvalue weighted by molar-refractivity contribution is 7.88. The second-order valence-corrected chi connectivity index (χ2v) is 10.5. The first-order valence-corrected chi connectivity index (χ1v) is 11.4. The van der Waals surface area contributed by atoms with Crippen LogP contribution in [0, 0.1) is 11.7 Å². The van der Waals surface area contributed by atoms with Crippen LogP contribution in [0.5, 0.6) is 0 Å². The summed E-state index contributed by atoms with van der Waals surface area (Å²) in [5.74, 6) is -0.566. The van der Waals surface area contributed by atoms with E-state index in [1.807, 2.05) is 20.8 Å². The molecule has 1 fully saturated rings. The van der Waals surface area contributed by atoms with E-state index in [9.17, 15) is 17.6 Å². The van der Waals surface area contributed by atoms with Gasteiger partial charge in [0, 0.05) is 24.6 Å². The van der Waals surface area contributed by atoms with E-state index in [0.717, 1.165) is 11.9 Å². The van der Waals surface area contributed by atoms with Gasteiger partial charge < -0.3 is 5.32 Å². The average Bonchev–Trinajstić information content (AvgIpc) is 3.06. The number of rotatable bonds is 4. The van der Waals surface area contributed by atoms with Gasteiger partial charge >= 0.3 is 0 Å². The fraction of sp³-hybridized carbons (Fsp3) is 0.500. The average molecular weight is 423 g/mol. The largest absolute Gasteiger partial charge is 0.310 e. The van der Waals surface area contributed by atoms with Crippen molar-refractivity contribution in [2.24, 2.45) is 5.92 Å². The minimum Gasteiger partial charge on any atom is -0.310 e. The number of anilines is 1. The molecule has 158 valence electrons. The lowest BCUT2D eigenvalue weighted by Gasteiger charge is -2.30. The fourth-order valence-electron chi connectivity index (χ4n) is 3.30. The first-order chi connectivity index (χ1) is 13.4. The molecule has 1 amide bonds. The van der Waals surface area contributed by atoms with Crippen LogP contribution in [-0.2, 0) is 20.2 Å². The Morgan fingerprint density at radius 3 is 2.48 bits per heavy atom. The van der Waals surface area contributed by atoms with Gasteiger partial charge in [-0.25, -0.2) is 21.8 Å². The number of hydrogen-bond acceptors (Lipinski definition) is 4. The quantitative estimate of drug-likeness (QED) is 0.821. The Hall–Kier alpha value is -2.26. The van der Waals surface area contributed by atoms with Crippen molar-refractivity contribution >= 4 is 21.7 Å². The fourth-order valence-corrected chi connectivity index (χ4v) is 4.21. The third kappa shape index (κ3) is 5.02. The highest BCUT2D eigenvalue weighted by atomic mass is 32.2. The number of halogens is 1. The second-order valence-electron chi connectivity index (χ2n) is 8.50. The standard InChI is InChI=1S/C20H27FN4O3S/c1-20(2,3)17-12-18(25(23-17)16-9-7-15(21)8-10-16)22-19(26)14-6-5-11-24(13-14)29(4,27)28/h7-10,12,14H,5-6,11,13H2,1-4H3,(H,22,26). The van der Waals surface area contributed by atoms with Crippen LogP contribution in [0.25, 0.3) is 5.69 Å². The molecule has 1 aromatic heterocycles. The Morgan fingerprint density at radius 1 is 1.24 bits per heavy atom. The number of carbonyl (C=O) groups excluding carboxylic acids is 1. The molecule has 1 aromatic carbocycles. The summed E-state index contributed by atoms with van der Waals surface area (Å²) in [6, 6.07) is 7.67. The first kappa shape index (κ1) is 21.4. The lowest BCUT2D eigenvalue weighted by atomic mass is 9.92. The minimum atomic E-state index is -3.34. The summed E-state index contributed by atoms with van der Waals surface area (Å²) >= 11 is 0. The van der Waals surface area contributed by atoms with Crippen LogP contribution in [0.1, 0.15) is 39.3 Å². The molecule has 0 aliphatic carbocycles. The number of aromatic nitrogens is 2.